The van der Waals surface area contributed by atoms with E-state index in [0.717, 1.165) is 36.9 Å². The van der Waals surface area contributed by atoms with E-state index in [-0.39, 0.29) is 5.91 Å². The second-order valence-electron chi connectivity index (χ2n) is 7.34. The molecule has 1 heterocycles. The van der Waals surface area contributed by atoms with Crippen molar-refractivity contribution >= 4 is 22.5 Å². The maximum absolute atomic E-state index is 12.3. The molecule has 0 saturated heterocycles. The fourth-order valence-electron chi connectivity index (χ4n) is 4.13. The first-order valence-corrected chi connectivity index (χ1v) is 9.45. The van der Waals surface area contributed by atoms with E-state index in [2.05, 4.69) is 39.8 Å². The molecule has 27 heavy (non-hydrogen) atoms. The molecule has 0 unspecified atom stereocenters. The van der Waals surface area contributed by atoms with Gasteiger partial charge in [0, 0.05) is 17.5 Å². The number of amides is 1. The van der Waals surface area contributed by atoms with E-state index in [4.69, 9.17) is 5.26 Å². The van der Waals surface area contributed by atoms with Gasteiger partial charge in [-0.25, -0.2) is 0 Å². The highest BCUT2D eigenvalue weighted by Crippen LogP contribution is 2.39. The minimum atomic E-state index is 0.0556. The number of rotatable bonds is 4. The normalized spacial score (nSPS) is 19.5. The number of nitriles is 1. The highest BCUT2D eigenvalue weighted by molar-refractivity contribution is 5.90. The zero-order chi connectivity index (χ0) is 18.6. The lowest BCUT2D eigenvalue weighted by Gasteiger charge is -2.28. The van der Waals surface area contributed by atoms with Crippen molar-refractivity contribution in [3.05, 3.63) is 59.8 Å². The monoisotopic (exact) mass is 358 g/mol. The van der Waals surface area contributed by atoms with Crippen LogP contribution in [0, 0.1) is 17.2 Å². The quantitative estimate of drug-likeness (QED) is 0.707. The van der Waals surface area contributed by atoms with Crippen LogP contribution in [0.4, 0.5) is 5.69 Å². The van der Waals surface area contributed by atoms with Gasteiger partial charge in [0.2, 0.25) is 5.91 Å². The zero-order valence-corrected chi connectivity index (χ0v) is 15.1. The van der Waals surface area contributed by atoms with Gasteiger partial charge in [-0.3, -0.25) is 9.89 Å². The Hall–Kier alpha value is -3.13. The van der Waals surface area contributed by atoms with Crippen molar-refractivity contribution in [1.29, 1.82) is 5.26 Å². The molecule has 4 rings (SSSR count). The van der Waals surface area contributed by atoms with Crippen LogP contribution in [-0.4, -0.2) is 16.1 Å². The molecule has 0 bridgehead atoms. The van der Waals surface area contributed by atoms with Crippen LogP contribution in [0.25, 0.3) is 10.9 Å². The van der Waals surface area contributed by atoms with Crippen LogP contribution in [-0.2, 0) is 4.79 Å². The predicted octanol–water partition coefficient (Wildman–Crippen LogP) is 4.74. The molecule has 5 nitrogen and oxygen atoms in total. The average Bonchev–Trinajstić information content (AvgIpc) is 3.18. The number of aromatic nitrogens is 2. The second kappa shape index (κ2) is 7.63. The van der Waals surface area contributed by atoms with E-state index in [1.165, 1.54) is 10.9 Å². The first-order valence-electron chi connectivity index (χ1n) is 9.45. The van der Waals surface area contributed by atoms with Gasteiger partial charge in [-0.2, -0.15) is 10.4 Å². The molecular weight excluding hydrogens is 336 g/mol. The van der Waals surface area contributed by atoms with Crippen molar-refractivity contribution in [2.24, 2.45) is 5.92 Å². The first-order chi connectivity index (χ1) is 13.2. The van der Waals surface area contributed by atoms with Gasteiger partial charge in [0.05, 0.1) is 23.3 Å². The third-order valence-corrected chi connectivity index (χ3v) is 5.58. The summed E-state index contributed by atoms with van der Waals surface area (Å²) in [6, 6.07) is 15.4. The number of carbonyl (C=O) groups excluding carboxylic acids is 1. The number of hydrogen-bond donors (Lipinski definition) is 2. The molecule has 5 heteroatoms. The molecule has 1 aliphatic rings. The molecule has 0 atom stereocenters. The molecule has 1 amide bonds. The number of benzene rings is 2. The zero-order valence-electron chi connectivity index (χ0n) is 15.1. The van der Waals surface area contributed by atoms with Gasteiger partial charge in [0.15, 0.2) is 0 Å². The summed E-state index contributed by atoms with van der Waals surface area (Å²) in [5, 5.41) is 20.2. The lowest BCUT2D eigenvalue weighted by molar-refractivity contribution is -0.117. The van der Waals surface area contributed by atoms with Crippen molar-refractivity contribution in [3.8, 4) is 6.07 Å². The molecule has 0 spiro atoms. The number of H-pyrrole nitrogens is 1. The first kappa shape index (κ1) is 17.3. The molecule has 1 aliphatic carbocycles. The van der Waals surface area contributed by atoms with E-state index in [9.17, 15) is 4.79 Å². The Morgan fingerprint density at radius 3 is 2.67 bits per heavy atom. The Bertz CT molecular complexity index is 975. The lowest BCUT2D eigenvalue weighted by Crippen LogP contribution is -2.20. The maximum Gasteiger partial charge on any atom is 0.224 e. The van der Waals surface area contributed by atoms with E-state index in [1.807, 2.05) is 6.20 Å². The molecule has 3 aromatic rings. The minimum absolute atomic E-state index is 0.0556. The second-order valence-corrected chi connectivity index (χ2v) is 7.34. The molecule has 0 radical (unpaired) electrons. The summed E-state index contributed by atoms with van der Waals surface area (Å²) in [6.45, 7) is 0. The summed E-state index contributed by atoms with van der Waals surface area (Å²) >= 11 is 0. The van der Waals surface area contributed by atoms with Crippen molar-refractivity contribution in [1.82, 2.24) is 10.2 Å². The number of hydrogen-bond acceptors (Lipinski definition) is 3. The van der Waals surface area contributed by atoms with Gasteiger partial charge in [-0.05, 0) is 73.4 Å². The topological polar surface area (TPSA) is 81.6 Å². The summed E-state index contributed by atoms with van der Waals surface area (Å²) in [5.74, 6) is 1.03. The van der Waals surface area contributed by atoms with Crippen LogP contribution >= 0.6 is 0 Å². The van der Waals surface area contributed by atoms with E-state index in [0.29, 0.717) is 23.8 Å². The molecule has 2 N–H and O–H groups in total. The molecule has 0 aliphatic heterocycles. The van der Waals surface area contributed by atoms with Gasteiger partial charge in [0.25, 0.3) is 0 Å². The van der Waals surface area contributed by atoms with Crippen LogP contribution in [0.3, 0.4) is 0 Å². The SMILES string of the molecule is N#Cc1ccc(NC(=O)C[C@H]2CC[C@H](c3cccc4[nH]ncc43)CC2)cc1. The highest BCUT2D eigenvalue weighted by atomic mass is 16.1. The number of carbonyl (C=O) groups is 1. The van der Waals surface area contributed by atoms with Crippen LogP contribution in [0.1, 0.15) is 49.1 Å². The van der Waals surface area contributed by atoms with Crippen molar-refractivity contribution < 1.29 is 4.79 Å². The van der Waals surface area contributed by atoms with Crippen LogP contribution in [0.2, 0.25) is 0 Å². The van der Waals surface area contributed by atoms with Crippen molar-refractivity contribution in [3.63, 3.8) is 0 Å². The smallest absolute Gasteiger partial charge is 0.224 e. The molecule has 1 aromatic heterocycles. The standard InChI is InChI=1S/C22H22N4O/c23-13-16-6-10-18(11-7-16)25-22(27)12-15-4-8-17(9-5-15)19-2-1-3-21-20(19)14-24-26-21/h1-3,6-7,10-11,14-15,17H,4-5,8-9,12H2,(H,24,26)(H,25,27)/t15-,17-. The van der Waals surface area contributed by atoms with Crippen molar-refractivity contribution in [2.75, 3.05) is 5.32 Å². The number of anilines is 1. The fourth-order valence-corrected chi connectivity index (χ4v) is 4.13. The van der Waals surface area contributed by atoms with Crippen LogP contribution in [0.15, 0.2) is 48.7 Å². The Balaban J connectivity index is 1.32. The Labute approximate surface area is 158 Å². The number of nitrogens with zero attached hydrogens (tertiary/aromatic N) is 2. The summed E-state index contributed by atoms with van der Waals surface area (Å²) in [5.41, 5.74) is 3.82. The summed E-state index contributed by atoms with van der Waals surface area (Å²) in [4.78, 5) is 12.3. The molecule has 2 aromatic carbocycles. The number of fused-ring (bicyclic) bond motifs is 1. The highest BCUT2D eigenvalue weighted by Gasteiger charge is 2.25. The third-order valence-electron chi connectivity index (χ3n) is 5.58. The average molecular weight is 358 g/mol. The predicted molar refractivity (Wildman–Crippen MR) is 105 cm³/mol. The summed E-state index contributed by atoms with van der Waals surface area (Å²) in [7, 11) is 0. The van der Waals surface area contributed by atoms with Crippen molar-refractivity contribution in [2.45, 2.75) is 38.0 Å². The molecule has 1 saturated carbocycles. The fraction of sp³-hybridized carbons (Fsp3) is 0.318. The lowest BCUT2D eigenvalue weighted by atomic mass is 9.77. The minimum Gasteiger partial charge on any atom is -0.326 e. The molecule has 136 valence electrons. The molecular formula is C22H22N4O. The largest absolute Gasteiger partial charge is 0.326 e. The Morgan fingerprint density at radius 1 is 1.15 bits per heavy atom. The number of nitrogens with one attached hydrogen (secondary N) is 2. The van der Waals surface area contributed by atoms with E-state index < -0.39 is 0 Å². The third kappa shape index (κ3) is 3.85. The summed E-state index contributed by atoms with van der Waals surface area (Å²) < 4.78 is 0. The maximum atomic E-state index is 12.3. The number of aromatic amines is 1. The summed E-state index contributed by atoms with van der Waals surface area (Å²) in [6.07, 6.45) is 6.84. The van der Waals surface area contributed by atoms with Crippen LogP contribution < -0.4 is 5.32 Å². The van der Waals surface area contributed by atoms with Gasteiger partial charge in [-0.15, -0.1) is 0 Å². The Morgan fingerprint density at radius 2 is 1.93 bits per heavy atom. The molecule has 1 fully saturated rings. The van der Waals surface area contributed by atoms with Gasteiger partial charge in [0.1, 0.15) is 0 Å². The van der Waals surface area contributed by atoms with E-state index in [1.54, 1.807) is 24.3 Å². The van der Waals surface area contributed by atoms with E-state index >= 15 is 0 Å². The van der Waals surface area contributed by atoms with Gasteiger partial charge >= 0.3 is 0 Å². The van der Waals surface area contributed by atoms with Gasteiger partial charge < -0.3 is 5.32 Å². The Kier molecular flexibility index (Phi) is 4.88. The van der Waals surface area contributed by atoms with Gasteiger partial charge in [-0.1, -0.05) is 12.1 Å². The van der Waals surface area contributed by atoms with Crippen LogP contribution in [0.5, 0.6) is 0 Å².